The van der Waals surface area contributed by atoms with E-state index in [1.54, 1.807) is 0 Å². The van der Waals surface area contributed by atoms with Gasteiger partial charge < -0.3 is 10.1 Å². The van der Waals surface area contributed by atoms with Crippen LogP contribution in [0, 0.1) is 5.92 Å². The molecule has 2 nitrogen and oxygen atoms in total. The SMILES string of the molecule is C1CC(CNC[C@H]2CCCO2)C1. The van der Waals surface area contributed by atoms with Gasteiger partial charge in [0.25, 0.3) is 0 Å². The smallest absolute Gasteiger partial charge is 0.0700 e. The molecule has 0 aromatic heterocycles. The molecule has 0 aromatic carbocycles. The molecule has 1 heterocycles. The molecule has 1 saturated heterocycles. The molecule has 0 aromatic rings. The van der Waals surface area contributed by atoms with Crippen LogP contribution in [0.2, 0.25) is 0 Å². The van der Waals surface area contributed by atoms with Crippen molar-refractivity contribution in [1.29, 1.82) is 0 Å². The molecular formula is C10H19NO. The van der Waals surface area contributed by atoms with Gasteiger partial charge in [0, 0.05) is 13.2 Å². The fourth-order valence-electron chi connectivity index (χ4n) is 1.95. The maximum atomic E-state index is 5.52. The third-order valence-electron chi connectivity index (χ3n) is 3.05. The van der Waals surface area contributed by atoms with E-state index >= 15 is 0 Å². The molecule has 70 valence electrons. The number of hydrogen-bond donors (Lipinski definition) is 1. The third-order valence-corrected chi connectivity index (χ3v) is 3.05. The van der Waals surface area contributed by atoms with Crippen LogP contribution >= 0.6 is 0 Å². The first kappa shape index (κ1) is 8.52. The van der Waals surface area contributed by atoms with Gasteiger partial charge in [0.1, 0.15) is 0 Å². The molecule has 2 aliphatic rings. The highest BCUT2D eigenvalue weighted by molar-refractivity contribution is 4.74. The van der Waals surface area contributed by atoms with Gasteiger partial charge in [0.05, 0.1) is 6.10 Å². The average molecular weight is 169 g/mol. The van der Waals surface area contributed by atoms with E-state index in [1.165, 1.54) is 38.6 Å². The van der Waals surface area contributed by atoms with Crippen molar-refractivity contribution in [3.8, 4) is 0 Å². The van der Waals surface area contributed by atoms with E-state index in [9.17, 15) is 0 Å². The Balaban J connectivity index is 1.49. The Bertz CT molecular complexity index is 128. The van der Waals surface area contributed by atoms with Crippen LogP contribution in [0.15, 0.2) is 0 Å². The van der Waals surface area contributed by atoms with E-state index in [1.807, 2.05) is 0 Å². The number of rotatable bonds is 4. The Morgan fingerprint density at radius 2 is 2.00 bits per heavy atom. The summed E-state index contributed by atoms with van der Waals surface area (Å²) in [6.45, 7) is 3.28. The lowest BCUT2D eigenvalue weighted by Gasteiger charge is -2.26. The number of hydrogen-bond acceptors (Lipinski definition) is 2. The normalized spacial score (nSPS) is 30.5. The van der Waals surface area contributed by atoms with Crippen molar-refractivity contribution in [3.63, 3.8) is 0 Å². The highest BCUT2D eigenvalue weighted by Gasteiger charge is 2.18. The van der Waals surface area contributed by atoms with Crippen LogP contribution < -0.4 is 5.32 Å². The van der Waals surface area contributed by atoms with E-state index in [-0.39, 0.29) is 0 Å². The van der Waals surface area contributed by atoms with Crippen LogP contribution in [0.3, 0.4) is 0 Å². The van der Waals surface area contributed by atoms with Gasteiger partial charge in [0.2, 0.25) is 0 Å². The van der Waals surface area contributed by atoms with Crippen LogP contribution in [-0.4, -0.2) is 25.8 Å². The topological polar surface area (TPSA) is 21.3 Å². The molecule has 0 amide bonds. The van der Waals surface area contributed by atoms with Crippen molar-refractivity contribution in [2.45, 2.75) is 38.2 Å². The molecule has 2 rings (SSSR count). The molecule has 1 aliphatic heterocycles. The summed E-state index contributed by atoms with van der Waals surface area (Å²) in [5.41, 5.74) is 0. The van der Waals surface area contributed by atoms with E-state index in [0.717, 1.165) is 19.1 Å². The van der Waals surface area contributed by atoms with Gasteiger partial charge in [-0.1, -0.05) is 6.42 Å². The Labute approximate surface area is 74.7 Å². The van der Waals surface area contributed by atoms with Gasteiger partial charge in [-0.3, -0.25) is 0 Å². The highest BCUT2D eigenvalue weighted by atomic mass is 16.5. The lowest BCUT2D eigenvalue weighted by atomic mass is 9.85. The molecule has 12 heavy (non-hydrogen) atoms. The molecule has 2 heteroatoms. The summed E-state index contributed by atoms with van der Waals surface area (Å²) in [6.07, 6.45) is 7.38. The Morgan fingerprint density at radius 1 is 1.08 bits per heavy atom. The third kappa shape index (κ3) is 2.20. The summed E-state index contributed by atoms with van der Waals surface area (Å²) < 4.78 is 5.52. The van der Waals surface area contributed by atoms with Crippen LogP contribution in [0.25, 0.3) is 0 Å². The molecular weight excluding hydrogens is 150 g/mol. The Kier molecular flexibility index (Phi) is 3.01. The first-order chi connectivity index (χ1) is 5.95. The van der Waals surface area contributed by atoms with Crippen molar-refractivity contribution in [2.75, 3.05) is 19.7 Å². The Hall–Kier alpha value is -0.0800. The van der Waals surface area contributed by atoms with E-state index in [2.05, 4.69) is 5.32 Å². The monoisotopic (exact) mass is 169 g/mol. The fraction of sp³-hybridized carbons (Fsp3) is 1.00. The van der Waals surface area contributed by atoms with Crippen molar-refractivity contribution >= 4 is 0 Å². The second-order valence-corrected chi connectivity index (χ2v) is 4.09. The molecule has 1 aliphatic carbocycles. The lowest BCUT2D eigenvalue weighted by molar-refractivity contribution is 0.108. The van der Waals surface area contributed by atoms with Gasteiger partial charge >= 0.3 is 0 Å². The van der Waals surface area contributed by atoms with Crippen LogP contribution in [0.1, 0.15) is 32.1 Å². The fourth-order valence-corrected chi connectivity index (χ4v) is 1.95. The van der Waals surface area contributed by atoms with Gasteiger partial charge in [-0.05, 0) is 38.1 Å². The summed E-state index contributed by atoms with van der Waals surface area (Å²) in [4.78, 5) is 0. The van der Waals surface area contributed by atoms with E-state index in [0.29, 0.717) is 6.10 Å². The largest absolute Gasteiger partial charge is 0.377 e. The molecule has 1 N–H and O–H groups in total. The zero-order valence-electron chi connectivity index (χ0n) is 7.72. The summed E-state index contributed by atoms with van der Waals surface area (Å²) >= 11 is 0. The summed E-state index contributed by atoms with van der Waals surface area (Å²) in [7, 11) is 0. The maximum absolute atomic E-state index is 5.52. The molecule has 0 bridgehead atoms. The number of ether oxygens (including phenoxy) is 1. The second kappa shape index (κ2) is 4.24. The minimum absolute atomic E-state index is 0.519. The summed E-state index contributed by atoms with van der Waals surface area (Å²) in [5, 5.41) is 3.50. The van der Waals surface area contributed by atoms with E-state index in [4.69, 9.17) is 4.74 Å². The zero-order chi connectivity index (χ0) is 8.23. The predicted molar refractivity (Wildman–Crippen MR) is 49.2 cm³/mol. The average Bonchev–Trinajstić information content (AvgIpc) is 2.46. The van der Waals surface area contributed by atoms with Crippen LogP contribution in [0.4, 0.5) is 0 Å². The van der Waals surface area contributed by atoms with Crippen LogP contribution in [-0.2, 0) is 4.74 Å². The molecule has 1 atom stereocenters. The Morgan fingerprint density at radius 3 is 2.58 bits per heavy atom. The summed E-state index contributed by atoms with van der Waals surface area (Å²) in [5.74, 6) is 0.978. The first-order valence-electron chi connectivity index (χ1n) is 5.27. The highest BCUT2D eigenvalue weighted by Crippen LogP contribution is 2.25. The molecule has 0 spiro atoms. The minimum atomic E-state index is 0.519. The van der Waals surface area contributed by atoms with Gasteiger partial charge in [-0.15, -0.1) is 0 Å². The lowest BCUT2D eigenvalue weighted by Crippen LogP contribution is -2.32. The van der Waals surface area contributed by atoms with Gasteiger partial charge in [0.15, 0.2) is 0 Å². The molecule has 1 saturated carbocycles. The van der Waals surface area contributed by atoms with Crippen molar-refractivity contribution in [2.24, 2.45) is 5.92 Å². The van der Waals surface area contributed by atoms with Gasteiger partial charge in [-0.2, -0.15) is 0 Å². The minimum Gasteiger partial charge on any atom is -0.377 e. The predicted octanol–water partition coefficient (Wildman–Crippen LogP) is 1.56. The summed E-state index contributed by atoms with van der Waals surface area (Å²) in [6, 6.07) is 0. The van der Waals surface area contributed by atoms with Gasteiger partial charge in [-0.25, -0.2) is 0 Å². The quantitative estimate of drug-likeness (QED) is 0.689. The van der Waals surface area contributed by atoms with Crippen molar-refractivity contribution in [1.82, 2.24) is 5.32 Å². The molecule has 0 radical (unpaired) electrons. The standard InChI is InChI=1S/C10H19NO/c1-3-9(4-1)7-11-8-10-5-2-6-12-10/h9-11H,1-8H2/t10-/m1/s1. The zero-order valence-corrected chi connectivity index (χ0v) is 7.72. The second-order valence-electron chi connectivity index (χ2n) is 4.09. The molecule has 0 unspecified atom stereocenters. The van der Waals surface area contributed by atoms with Crippen molar-refractivity contribution in [3.05, 3.63) is 0 Å². The molecule has 2 fully saturated rings. The van der Waals surface area contributed by atoms with E-state index < -0.39 is 0 Å². The van der Waals surface area contributed by atoms with Crippen molar-refractivity contribution < 1.29 is 4.74 Å². The maximum Gasteiger partial charge on any atom is 0.0700 e. The number of nitrogens with one attached hydrogen (secondary N) is 1. The first-order valence-corrected chi connectivity index (χ1v) is 5.27. The van der Waals surface area contributed by atoms with Crippen LogP contribution in [0.5, 0.6) is 0 Å².